The predicted octanol–water partition coefficient (Wildman–Crippen LogP) is 1.89. The zero-order valence-corrected chi connectivity index (χ0v) is 11.9. The summed E-state index contributed by atoms with van der Waals surface area (Å²) >= 11 is 5.47. The van der Waals surface area contributed by atoms with Gasteiger partial charge in [0.25, 0.3) is 0 Å². The molecule has 1 aromatic rings. The summed E-state index contributed by atoms with van der Waals surface area (Å²) in [5.41, 5.74) is 0.244. The van der Waals surface area contributed by atoms with E-state index in [0.29, 0.717) is 6.54 Å². The molecule has 0 radical (unpaired) electrons. The first-order valence-corrected chi connectivity index (χ1v) is 7.33. The molecule has 0 atom stereocenters. The van der Waals surface area contributed by atoms with Gasteiger partial charge in [0.1, 0.15) is 6.61 Å². The van der Waals surface area contributed by atoms with Crippen LogP contribution >= 0.6 is 11.6 Å². The molecule has 0 aliphatic rings. The van der Waals surface area contributed by atoms with E-state index in [0.717, 1.165) is 0 Å². The molecule has 0 unspecified atom stereocenters. The van der Waals surface area contributed by atoms with Crippen LogP contribution in [-0.2, 0) is 14.8 Å². The molecule has 0 amide bonds. The van der Waals surface area contributed by atoms with E-state index >= 15 is 0 Å². The summed E-state index contributed by atoms with van der Waals surface area (Å²) in [6.07, 6.45) is 0. The molecule has 104 valence electrons. The molecule has 0 fully saturated rings. The van der Waals surface area contributed by atoms with E-state index in [1.54, 1.807) is 6.92 Å². The summed E-state index contributed by atoms with van der Waals surface area (Å²) < 4.78 is 30.5. The van der Waals surface area contributed by atoms with E-state index in [9.17, 15) is 13.2 Å². The summed E-state index contributed by atoms with van der Waals surface area (Å²) in [7, 11) is -3.52. The van der Waals surface area contributed by atoms with Crippen LogP contribution in [0.15, 0.2) is 40.8 Å². The van der Waals surface area contributed by atoms with Gasteiger partial charge in [0.15, 0.2) is 0 Å². The number of halogens is 1. The van der Waals surface area contributed by atoms with Gasteiger partial charge in [-0.25, -0.2) is 17.9 Å². The van der Waals surface area contributed by atoms with Crippen LogP contribution in [0.5, 0.6) is 0 Å². The van der Waals surface area contributed by atoms with Crippen LogP contribution in [0.1, 0.15) is 17.3 Å². The lowest BCUT2D eigenvalue weighted by Crippen LogP contribution is -2.23. The Labute approximate surface area is 117 Å². The molecule has 7 heteroatoms. The molecule has 0 aliphatic carbocycles. The maximum absolute atomic E-state index is 11.7. The Hall–Kier alpha value is -1.37. The van der Waals surface area contributed by atoms with E-state index in [1.807, 2.05) is 0 Å². The van der Waals surface area contributed by atoms with Crippen molar-refractivity contribution in [2.75, 3.05) is 13.2 Å². The van der Waals surface area contributed by atoms with E-state index in [2.05, 4.69) is 11.3 Å². The van der Waals surface area contributed by atoms with Crippen molar-refractivity contribution in [1.29, 1.82) is 0 Å². The van der Waals surface area contributed by atoms with Crippen molar-refractivity contribution >= 4 is 27.6 Å². The SMILES string of the molecule is C=C(Cl)COC(=O)c1ccc(S(=O)(=O)NCC)cc1. The van der Waals surface area contributed by atoms with Crippen molar-refractivity contribution in [1.82, 2.24) is 4.72 Å². The smallest absolute Gasteiger partial charge is 0.338 e. The zero-order chi connectivity index (χ0) is 14.5. The Morgan fingerprint density at radius 2 is 1.95 bits per heavy atom. The number of esters is 1. The average Bonchev–Trinajstić information content (AvgIpc) is 2.36. The molecule has 19 heavy (non-hydrogen) atoms. The predicted molar refractivity (Wildman–Crippen MR) is 72.6 cm³/mol. The van der Waals surface area contributed by atoms with Crippen molar-refractivity contribution in [3.8, 4) is 0 Å². The quantitative estimate of drug-likeness (QED) is 0.815. The molecular formula is C12H14ClNO4S. The van der Waals surface area contributed by atoms with Crippen molar-refractivity contribution in [2.24, 2.45) is 0 Å². The molecule has 0 aromatic heterocycles. The van der Waals surface area contributed by atoms with Crippen molar-refractivity contribution < 1.29 is 17.9 Å². The van der Waals surface area contributed by atoms with Crippen molar-refractivity contribution in [3.63, 3.8) is 0 Å². The van der Waals surface area contributed by atoms with Crippen molar-refractivity contribution in [3.05, 3.63) is 41.4 Å². The van der Waals surface area contributed by atoms with Gasteiger partial charge in [0.2, 0.25) is 10.0 Å². The second kappa shape index (κ2) is 6.70. The summed E-state index contributed by atoms with van der Waals surface area (Å²) in [4.78, 5) is 11.6. The van der Waals surface area contributed by atoms with Crippen molar-refractivity contribution in [2.45, 2.75) is 11.8 Å². The topological polar surface area (TPSA) is 72.5 Å². The number of rotatable bonds is 6. The fourth-order valence-electron chi connectivity index (χ4n) is 1.27. The summed E-state index contributed by atoms with van der Waals surface area (Å²) in [5, 5.41) is 0.208. The molecule has 0 spiro atoms. The molecule has 0 saturated heterocycles. The number of hydrogen-bond donors (Lipinski definition) is 1. The molecule has 5 nitrogen and oxygen atoms in total. The van der Waals surface area contributed by atoms with E-state index < -0.39 is 16.0 Å². The molecule has 0 bridgehead atoms. The lowest BCUT2D eigenvalue weighted by Gasteiger charge is -2.06. The minimum absolute atomic E-state index is 0.0855. The van der Waals surface area contributed by atoms with Gasteiger partial charge in [-0.15, -0.1) is 0 Å². The van der Waals surface area contributed by atoms with Crippen LogP contribution in [0, 0.1) is 0 Å². The highest BCUT2D eigenvalue weighted by Crippen LogP contribution is 2.11. The highest BCUT2D eigenvalue weighted by Gasteiger charge is 2.14. The van der Waals surface area contributed by atoms with Crippen LogP contribution in [0.4, 0.5) is 0 Å². The number of carbonyl (C=O) groups excluding carboxylic acids is 1. The Morgan fingerprint density at radius 1 is 1.37 bits per heavy atom. The van der Waals surface area contributed by atoms with Gasteiger partial charge in [0.05, 0.1) is 10.5 Å². The maximum Gasteiger partial charge on any atom is 0.338 e. The number of carbonyl (C=O) groups is 1. The van der Waals surface area contributed by atoms with Gasteiger partial charge in [-0.1, -0.05) is 25.1 Å². The number of ether oxygens (including phenoxy) is 1. The Morgan fingerprint density at radius 3 is 2.42 bits per heavy atom. The van der Waals surface area contributed by atoms with E-state index in [1.165, 1.54) is 24.3 Å². The summed E-state index contributed by atoms with van der Waals surface area (Å²) in [6, 6.07) is 5.43. The van der Waals surface area contributed by atoms with Crippen LogP contribution in [-0.4, -0.2) is 27.5 Å². The van der Waals surface area contributed by atoms with Gasteiger partial charge in [-0.2, -0.15) is 0 Å². The second-order valence-corrected chi connectivity index (χ2v) is 5.92. The number of benzene rings is 1. The van der Waals surface area contributed by atoms with Gasteiger partial charge in [0, 0.05) is 11.6 Å². The number of hydrogen-bond acceptors (Lipinski definition) is 4. The second-order valence-electron chi connectivity index (χ2n) is 3.62. The minimum atomic E-state index is -3.52. The fourth-order valence-corrected chi connectivity index (χ4v) is 2.37. The molecule has 0 aliphatic heterocycles. The lowest BCUT2D eigenvalue weighted by molar-refractivity contribution is 0.0546. The summed E-state index contributed by atoms with van der Waals surface area (Å²) in [5.74, 6) is -0.589. The Balaban J connectivity index is 2.82. The lowest BCUT2D eigenvalue weighted by atomic mass is 10.2. The first-order valence-electron chi connectivity index (χ1n) is 5.47. The van der Waals surface area contributed by atoms with Crippen LogP contribution < -0.4 is 4.72 Å². The van der Waals surface area contributed by atoms with Crippen LogP contribution in [0.3, 0.4) is 0 Å². The third-order valence-corrected chi connectivity index (χ3v) is 3.77. The molecule has 1 N–H and O–H groups in total. The monoisotopic (exact) mass is 303 g/mol. The first kappa shape index (κ1) is 15.7. The normalized spacial score (nSPS) is 11.1. The number of sulfonamides is 1. The first-order chi connectivity index (χ1) is 8.86. The van der Waals surface area contributed by atoms with Crippen LogP contribution in [0.2, 0.25) is 0 Å². The standard InChI is InChI=1S/C12H14ClNO4S/c1-3-14-19(16,17)11-6-4-10(5-7-11)12(15)18-8-9(2)13/h4-7,14H,2-3,8H2,1H3. The molecule has 1 rings (SSSR count). The van der Waals surface area contributed by atoms with Gasteiger partial charge in [-0.3, -0.25) is 0 Å². The van der Waals surface area contributed by atoms with E-state index in [-0.39, 0.29) is 22.1 Å². The van der Waals surface area contributed by atoms with Gasteiger partial charge in [-0.05, 0) is 24.3 Å². The van der Waals surface area contributed by atoms with Gasteiger partial charge < -0.3 is 4.74 Å². The Bertz CT molecular complexity index is 566. The number of nitrogens with one attached hydrogen (secondary N) is 1. The molecular weight excluding hydrogens is 290 g/mol. The van der Waals surface area contributed by atoms with Gasteiger partial charge >= 0.3 is 5.97 Å². The highest BCUT2D eigenvalue weighted by molar-refractivity contribution is 7.89. The minimum Gasteiger partial charge on any atom is -0.456 e. The molecule has 1 aromatic carbocycles. The fraction of sp³-hybridized carbons (Fsp3) is 0.250. The average molecular weight is 304 g/mol. The third-order valence-electron chi connectivity index (χ3n) is 2.09. The zero-order valence-electron chi connectivity index (χ0n) is 10.3. The highest BCUT2D eigenvalue weighted by atomic mass is 35.5. The van der Waals surface area contributed by atoms with Crippen LogP contribution in [0.25, 0.3) is 0 Å². The maximum atomic E-state index is 11.7. The molecule has 0 heterocycles. The third kappa shape index (κ3) is 4.66. The molecule has 0 saturated carbocycles. The summed E-state index contributed by atoms with van der Waals surface area (Å²) in [6.45, 7) is 5.28. The van der Waals surface area contributed by atoms with E-state index in [4.69, 9.17) is 16.3 Å². The largest absolute Gasteiger partial charge is 0.456 e. The Kier molecular flexibility index (Phi) is 5.53.